The van der Waals surface area contributed by atoms with E-state index in [-0.39, 0.29) is 0 Å². The summed E-state index contributed by atoms with van der Waals surface area (Å²) in [5.41, 5.74) is 7.98. The average molecular weight is 264 g/mol. The summed E-state index contributed by atoms with van der Waals surface area (Å²) < 4.78 is 0. The van der Waals surface area contributed by atoms with Crippen LogP contribution in [-0.2, 0) is 13.0 Å². The molecule has 0 bridgehead atoms. The summed E-state index contributed by atoms with van der Waals surface area (Å²) in [5.74, 6) is 1.70. The summed E-state index contributed by atoms with van der Waals surface area (Å²) >= 11 is 1.92. The monoisotopic (exact) mass is 264 g/mol. The van der Waals surface area contributed by atoms with Gasteiger partial charge < -0.3 is 5.73 Å². The first kappa shape index (κ1) is 12.6. The van der Waals surface area contributed by atoms with Gasteiger partial charge in [0.2, 0.25) is 0 Å². The maximum atomic E-state index is 6.12. The third-order valence-electron chi connectivity index (χ3n) is 5.09. The van der Waals surface area contributed by atoms with Gasteiger partial charge in [0.15, 0.2) is 0 Å². The molecule has 1 saturated carbocycles. The highest BCUT2D eigenvalue weighted by molar-refractivity contribution is 7.10. The summed E-state index contributed by atoms with van der Waals surface area (Å²) in [6, 6.07) is 2.30. The van der Waals surface area contributed by atoms with Gasteiger partial charge in [0, 0.05) is 30.1 Å². The molecule has 3 rings (SSSR count). The Bertz CT molecular complexity index is 418. The molecule has 0 atom stereocenters. The van der Waals surface area contributed by atoms with Crippen LogP contribution in [0.2, 0.25) is 0 Å². The van der Waals surface area contributed by atoms with Crippen molar-refractivity contribution in [2.75, 3.05) is 13.1 Å². The number of hydrogen-bond acceptors (Lipinski definition) is 3. The van der Waals surface area contributed by atoms with Crippen molar-refractivity contribution in [2.45, 2.75) is 45.2 Å². The molecule has 1 aromatic rings. The van der Waals surface area contributed by atoms with Crippen molar-refractivity contribution >= 4 is 11.3 Å². The van der Waals surface area contributed by atoms with Crippen molar-refractivity contribution < 1.29 is 0 Å². The molecule has 2 nitrogen and oxygen atoms in total. The molecular weight excluding hydrogens is 240 g/mol. The van der Waals surface area contributed by atoms with Crippen molar-refractivity contribution in [1.29, 1.82) is 0 Å². The van der Waals surface area contributed by atoms with Crippen LogP contribution in [0.15, 0.2) is 11.4 Å². The second-order valence-electron chi connectivity index (χ2n) is 6.38. The minimum absolute atomic E-state index is 0.314. The van der Waals surface area contributed by atoms with Gasteiger partial charge in [-0.05, 0) is 48.1 Å². The van der Waals surface area contributed by atoms with Crippen LogP contribution in [0.1, 0.15) is 37.1 Å². The molecule has 100 valence electrons. The van der Waals surface area contributed by atoms with Crippen LogP contribution < -0.4 is 5.73 Å². The van der Waals surface area contributed by atoms with E-state index >= 15 is 0 Å². The van der Waals surface area contributed by atoms with Gasteiger partial charge >= 0.3 is 0 Å². The zero-order valence-electron chi connectivity index (χ0n) is 11.5. The lowest BCUT2D eigenvalue weighted by Crippen LogP contribution is -2.63. The molecule has 1 fully saturated rings. The lowest BCUT2D eigenvalue weighted by Gasteiger charge is -2.56. The van der Waals surface area contributed by atoms with Crippen molar-refractivity contribution in [2.24, 2.45) is 17.6 Å². The number of thiophene rings is 1. The molecule has 0 spiro atoms. The Morgan fingerprint density at radius 1 is 1.50 bits per heavy atom. The zero-order valence-corrected chi connectivity index (χ0v) is 12.3. The number of rotatable bonds is 3. The molecule has 2 N–H and O–H groups in total. The maximum absolute atomic E-state index is 6.12. The molecular formula is C15H24N2S. The predicted molar refractivity (Wildman–Crippen MR) is 77.8 cm³/mol. The van der Waals surface area contributed by atoms with Crippen LogP contribution in [0.3, 0.4) is 0 Å². The first-order chi connectivity index (χ1) is 8.64. The van der Waals surface area contributed by atoms with Gasteiger partial charge in [0.05, 0.1) is 0 Å². The average Bonchev–Trinajstić information content (AvgIpc) is 2.75. The van der Waals surface area contributed by atoms with E-state index in [0.29, 0.717) is 5.54 Å². The fourth-order valence-corrected chi connectivity index (χ4v) is 4.48. The van der Waals surface area contributed by atoms with E-state index in [1.807, 2.05) is 11.3 Å². The summed E-state index contributed by atoms with van der Waals surface area (Å²) in [6.07, 6.45) is 3.84. The van der Waals surface area contributed by atoms with Crippen molar-refractivity contribution in [3.63, 3.8) is 0 Å². The zero-order chi connectivity index (χ0) is 12.8. The van der Waals surface area contributed by atoms with Crippen molar-refractivity contribution in [1.82, 2.24) is 4.90 Å². The number of fused-ring (bicyclic) bond motifs is 1. The highest BCUT2D eigenvalue weighted by Crippen LogP contribution is 2.47. The van der Waals surface area contributed by atoms with Gasteiger partial charge in [-0.25, -0.2) is 0 Å². The Morgan fingerprint density at radius 2 is 2.28 bits per heavy atom. The van der Waals surface area contributed by atoms with Crippen LogP contribution in [-0.4, -0.2) is 23.5 Å². The molecule has 1 aliphatic heterocycles. The molecule has 3 heteroatoms. The molecule has 18 heavy (non-hydrogen) atoms. The van der Waals surface area contributed by atoms with Gasteiger partial charge in [-0.3, -0.25) is 4.90 Å². The molecule has 0 unspecified atom stereocenters. The smallest absolute Gasteiger partial charge is 0.0340 e. The van der Waals surface area contributed by atoms with Crippen LogP contribution in [0.4, 0.5) is 0 Å². The first-order valence-corrected chi connectivity index (χ1v) is 8.03. The largest absolute Gasteiger partial charge is 0.329 e. The Hall–Kier alpha value is -0.380. The van der Waals surface area contributed by atoms with Crippen molar-refractivity contribution in [3.8, 4) is 0 Å². The van der Waals surface area contributed by atoms with E-state index < -0.39 is 0 Å². The Kier molecular flexibility index (Phi) is 3.25. The van der Waals surface area contributed by atoms with Crippen LogP contribution in [0.5, 0.6) is 0 Å². The summed E-state index contributed by atoms with van der Waals surface area (Å²) in [7, 11) is 0. The maximum Gasteiger partial charge on any atom is 0.0340 e. The molecule has 2 aliphatic rings. The van der Waals surface area contributed by atoms with Gasteiger partial charge in [-0.15, -0.1) is 11.3 Å². The molecule has 0 amide bonds. The summed E-state index contributed by atoms with van der Waals surface area (Å²) in [6.45, 7) is 7.85. The van der Waals surface area contributed by atoms with Crippen LogP contribution >= 0.6 is 11.3 Å². The predicted octanol–water partition coefficient (Wildman–Crippen LogP) is 2.87. The molecule has 2 heterocycles. The second-order valence-corrected chi connectivity index (χ2v) is 7.38. The van der Waals surface area contributed by atoms with E-state index in [4.69, 9.17) is 5.73 Å². The quantitative estimate of drug-likeness (QED) is 0.909. The minimum atomic E-state index is 0.314. The summed E-state index contributed by atoms with van der Waals surface area (Å²) in [4.78, 5) is 4.26. The SMILES string of the molecule is CC(C)C1CC(CN)(N2CCc3sccc3C2)C1. The highest BCUT2D eigenvalue weighted by Gasteiger charge is 2.48. The van der Waals surface area contributed by atoms with E-state index in [1.54, 1.807) is 10.4 Å². The third-order valence-corrected chi connectivity index (χ3v) is 6.11. The lowest BCUT2D eigenvalue weighted by molar-refractivity contribution is -0.0429. The second kappa shape index (κ2) is 4.62. The Morgan fingerprint density at radius 3 is 2.94 bits per heavy atom. The van der Waals surface area contributed by atoms with Crippen LogP contribution in [0, 0.1) is 11.8 Å². The van der Waals surface area contributed by atoms with Gasteiger partial charge in [-0.2, -0.15) is 0 Å². The lowest BCUT2D eigenvalue weighted by atomic mass is 9.63. The topological polar surface area (TPSA) is 29.3 Å². The Balaban J connectivity index is 1.72. The number of nitrogens with two attached hydrogens (primary N) is 1. The van der Waals surface area contributed by atoms with E-state index in [2.05, 4.69) is 30.2 Å². The fourth-order valence-electron chi connectivity index (χ4n) is 3.60. The molecule has 0 radical (unpaired) electrons. The standard InChI is InChI=1S/C15H24N2S/c1-11(2)13-7-15(8-13,10-16)17-5-3-14-12(9-17)4-6-18-14/h4,6,11,13H,3,5,7-10,16H2,1-2H3. The van der Waals surface area contributed by atoms with E-state index in [0.717, 1.165) is 24.9 Å². The normalized spacial score (nSPS) is 32.3. The van der Waals surface area contributed by atoms with Crippen LogP contribution in [0.25, 0.3) is 0 Å². The highest BCUT2D eigenvalue weighted by atomic mass is 32.1. The number of nitrogens with zero attached hydrogens (tertiary/aromatic N) is 1. The summed E-state index contributed by atoms with van der Waals surface area (Å²) in [5, 5.41) is 2.24. The molecule has 0 saturated heterocycles. The van der Waals surface area contributed by atoms with Gasteiger partial charge in [-0.1, -0.05) is 13.8 Å². The van der Waals surface area contributed by atoms with Gasteiger partial charge in [0.25, 0.3) is 0 Å². The van der Waals surface area contributed by atoms with Crippen molar-refractivity contribution in [3.05, 3.63) is 21.9 Å². The third kappa shape index (κ3) is 1.93. The van der Waals surface area contributed by atoms with E-state index in [9.17, 15) is 0 Å². The Labute approximate surface area is 114 Å². The minimum Gasteiger partial charge on any atom is -0.329 e. The first-order valence-electron chi connectivity index (χ1n) is 7.15. The van der Waals surface area contributed by atoms with E-state index in [1.165, 1.54) is 25.8 Å². The molecule has 0 aromatic carbocycles. The number of hydrogen-bond donors (Lipinski definition) is 1. The van der Waals surface area contributed by atoms with Gasteiger partial charge in [0.1, 0.15) is 0 Å². The molecule has 1 aromatic heterocycles. The molecule has 1 aliphatic carbocycles. The fraction of sp³-hybridized carbons (Fsp3) is 0.733.